The molecule has 0 saturated heterocycles. The second-order valence-electron chi connectivity index (χ2n) is 4.86. The van der Waals surface area contributed by atoms with Crippen molar-refractivity contribution in [2.24, 2.45) is 0 Å². The van der Waals surface area contributed by atoms with Crippen LogP contribution in [0.25, 0.3) is 0 Å². The lowest BCUT2D eigenvalue weighted by atomic mass is 9.99. The average Bonchev–Trinajstić information content (AvgIpc) is 2.47. The maximum absolute atomic E-state index is 12.3. The van der Waals surface area contributed by atoms with E-state index in [-0.39, 0.29) is 5.78 Å². The second kappa shape index (κ2) is 3.98. The summed E-state index contributed by atoms with van der Waals surface area (Å²) in [5.41, 5.74) is 6.19. The van der Waals surface area contributed by atoms with Crippen LogP contribution in [0.15, 0.2) is 36.4 Å². The van der Waals surface area contributed by atoms with Crippen molar-refractivity contribution in [2.45, 2.75) is 20.3 Å². The van der Waals surface area contributed by atoms with Crippen LogP contribution in [0.2, 0.25) is 0 Å². The number of carbonyl (C=O) groups is 1. The molecule has 2 nitrogen and oxygen atoms in total. The summed E-state index contributed by atoms with van der Waals surface area (Å²) >= 11 is 0. The average molecular weight is 237 g/mol. The van der Waals surface area contributed by atoms with Gasteiger partial charge in [-0.2, -0.15) is 0 Å². The lowest BCUT2D eigenvalue weighted by Crippen LogP contribution is -2.03. The Bertz CT molecular complexity index is 644. The summed E-state index contributed by atoms with van der Waals surface area (Å²) in [4.78, 5) is 12.3. The van der Waals surface area contributed by atoms with Gasteiger partial charge in [-0.1, -0.05) is 18.2 Å². The van der Waals surface area contributed by atoms with Gasteiger partial charge in [0.1, 0.15) is 0 Å². The minimum absolute atomic E-state index is 0.186. The van der Waals surface area contributed by atoms with Crippen LogP contribution in [0.3, 0.4) is 0 Å². The van der Waals surface area contributed by atoms with Gasteiger partial charge < -0.3 is 5.32 Å². The Hall–Kier alpha value is -2.09. The normalized spacial score (nSPS) is 13.3. The topological polar surface area (TPSA) is 29.1 Å². The molecule has 0 radical (unpaired) electrons. The summed E-state index contributed by atoms with van der Waals surface area (Å²) in [7, 11) is 0. The highest BCUT2D eigenvalue weighted by Crippen LogP contribution is 2.31. The molecule has 0 saturated carbocycles. The first kappa shape index (κ1) is 11.0. The number of Topliss-reactive ketones (excluding diaryl/α,β-unsaturated/α-hetero) is 1. The smallest absolute Gasteiger partial charge is 0.169 e. The molecule has 3 rings (SSSR count). The molecule has 0 atom stereocenters. The van der Waals surface area contributed by atoms with E-state index < -0.39 is 0 Å². The standard InChI is InChI=1S/C16H15NO/c1-10-7-13-15(8-11(10)2)17-14-6-4-3-5-12(14)9-16(13)18/h3-8,17H,9H2,1-2H3. The van der Waals surface area contributed by atoms with Crippen molar-refractivity contribution in [1.82, 2.24) is 0 Å². The zero-order valence-electron chi connectivity index (χ0n) is 10.6. The van der Waals surface area contributed by atoms with E-state index in [9.17, 15) is 4.79 Å². The number of ketones is 1. The van der Waals surface area contributed by atoms with Gasteiger partial charge in [-0.15, -0.1) is 0 Å². The van der Waals surface area contributed by atoms with Crippen LogP contribution < -0.4 is 5.32 Å². The van der Waals surface area contributed by atoms with E-state index in [0.717, 1.165) is 28.1 Å². The van der Waals surface area contributed by atoms with E-state index in [1.54, 1.807) is 0 Å². The Morgan fingerprint density at radius 2 is 1.72 bits per heavy atom. The minimum Gasteiger partial charge on any atom is -0.355 e. The predicted octanol–water partition coefficient (Wildman–Crippen LogP) is 3.79. The number of carbonyl (C=O) groups excluding carboxylic acids is 1. The molecule has 0 unspecified atom stereocenters. The molecular weight excluding hydrogens is 222 g/mol. The number of hydrogen-bond acceptors (Lipinski definition) is 2. The molecule has 0 aliphatic carbocycles. The summed E-state index contributed by atoms with van der Waals surface area (Å²) < 4.78 is 0. The van der Waals surface area contributed by atoms with Gasteiger partial charge in [0.05, 0.1) is 0 Å². The van der Waals surface area contributed by atoms with E-state index in [1.807, 2.05) is 37.3 Å². The van der Waals surface area contributed by atoms with Crippen molar-refractivity contribution in [2.75, 3.05) is 5.32 Å². The quantitative estimate of drug-likeness (QED) is 0.755. The molecule has 2 heteroatoms. The highest BCUT2D eigenvalue weighted by molar-refractivity contribution is 6.05. The van der Waals surface area contributed by atoms with Crippen LogP contribution in [0.1, 0.15) is 27.0 Å². The molecule has 90 valence electrons. The van der Waals surface area contributed by atoms with Crippen molar-refractivity contribution in [3.05, 3.63) is 58.7 Å². The van der Waals surface area contributed by atoms with Gasteiger partial charge in [0.15, 0.2) is 5.78 Å². The van der Waals surface area contributed by atoms with E-state index in [2.05, 4.69) is 18.3 Å². The van der Waals surface area contributed by atoms with Crippen molar-refractivity contribution >= 4 is 17.2 Å². The lowest BCUT2D eigenvalue weighted by Gasteiger charge is -2.11. The van der Waals surface area contributed by atoms with Crippen molar-refractivity contribution in [3.8, 4) is 0 Å². The predicted molar refractivity (Wildman–Crippen MR) is 73.7 cm³/mol. The fraction of sp³-hybridized carbons (Fsp3) is 0.188. The van der Waals surface area contributed by atoms with Gasteiger partial charge >= 0.3 is 0 Å². The lowest BCUT2D eigenvalue weighted by molar-refractivity contribution is 0.0994. The Morgan fingerprint density at radius 1 is 1.00 bits per heavy atom. The minimum atomic E-state index is 0.186. The Kier molecular flexibility index (Phi) is 2.44. The molecule has 0 bridgehead atoms. The molecular formula is C16H15NO. The summed E-state index contributed by atoms with van der Waals surface area (Å²) in [6.45, 7) is 4.11. The van der Waals surface area contributed by atoms with Crippen molar-refractivity contribution in [1.29, 1.82) is 0 Å². The van der Waals surface area contributed by atoms with Crippen LogP contribution in [-0.2, 0) is 6.42 Å². The molecule has 0 amide bonds. The number of fused-ring (bicyclic) bond motifs is 2. The summed E-state index contributed by atoms with van der Waals surface area (Å²) in [6.07, 6.45) is 0.471. The fourth-order valence-corrected chi connectivity index (χ4v) is 2.36. The number of anilines is 2. The maximum Gasteiger partial charge on any atom is 0.169 e. The Balaban J connectivity index is 2.20. The first-order valence-electron chi connectivity index (χ1n) is 6.14. The number of benzene rings is 2. The molecule has 1 heterocycles. The molecule has 2 aromatic rings. The Morgan fingerprint density at radius 3 is 2.56 bits per heavy atom. The zero-order chi connectivity index (χ0) is 12.7. The molecule has 1 aliphatic rings. The third-order valence-corrected chi connectivity index (χ3v) is 3.57. The van der Waals surface area contributed by atoms with E-state index in [1.165, 1.54) is 5.56 Å². The first-order valence-corrected chi connectivity index (χ1v) is 6.14. The van der Waals surface area contributed by atoms with E-state index in [0.29, 0.717) is 6.42 Å². The largest absolute Gasteiger partial charge is 0.355 e. The third-order valence-electron chi connectivity index (χ3n) is 3.57. The van der Waals surface area contributed by atoms with Gasteiger partial charge in [-0.3, -0.25) is 4.79 Å². The van der Waals surface area contributed by atoms with Gasteiger partial charge in [-0.05, 0) is 48.7 Å². The summed E-state index contributed by atoms with van der Waals surface area (Å²) in [5.74, 6) is 0.186. The van der Waals surface area contributed by atoms with E-state index >= 15 is 0 Å². The van der Waals surface area contributed by atoms with Crippen LogP contribution >= 0.6 is 0 Å². The molecule has 0 fully saturated rings. The Labute approximate surface area is 107 Å². The van der Waals surface area contributed by atoms with Crippen LogP contribution in [0.5, 0.6) is 0 Å². The monoisotopic (exact) mass is 237 g/mol. The van der Waals surface area contributed by atoms with Crippen LogP contribution in [0.4, 0.5) is 11.4 Å². The third kappa shape index (κ3) is 1.70. The number of hydrogen-bond donors (Lipinski definition) is 1. The van der Waals surface area contributed by atoms with Crippen molar-refractivity contribution in [3.63, 3.8) is 0 Å². The zero-order valence-corrected chi connectivity index (χ0v) is 10.6. The SMILES string of the molecule is Cc1cc2c(cc1C)C(=O)Cc1ccccc1N2. The molecule has 0 spiro atoms. The van der Waals surface area contributed by atoms with Gasteiger partial charge in [0.25, 0.3) is 0 Å². The fourth-order valence-electron chi connectivity index (χ4n) is 2.36. The molecule has 0 aromatic heterocycles. The maximum atomic E-state index is 12.3. The molecule has 1 N–H and O–H groups in total. The number of nitrogens with one attached hydrogen (secondary N) is 1. The van der Waals surface area contributed by atoms with Gasteiger partial charge in [0, 0.05) is 23.4 Å². The highest BCUT2D eigenvalue weighted by Gasteiger charge is 2.19. The first-order chi connectivity index (χ1) is 8.65. The van der Waals surface area contributed by atoms with Crippen molar-refractivity contribution < 1.29 is 4.79 Å². The highest BCUT2D eigenvalue weighted by atomic mass is 16.1. The summed E-state index contributed by atoms with van der Waals surface area (Å²) in [5, 5.41) is 3.38. The number of rotatable bonds is 0. The second-order valence-corrected chi connectivity index (χ2v) is 4.86. The van der Waals surface area contributed by atoms with Crippen LogP contribution in [0, 0.1) is 13.8 Å². The van der Waals surface area contributed by atoms with Gasteiger partial charge in [-0.25, -0.2) is 0 Å². The van der Waals surface area contributed by atoms with E-state index in [4.69, 9.17) is 0 Å². The molecule has 1 aliphatic heterocycles. The van der Waals surface area contributed by atoms with Gasteiger partial charge in [0.2, 0.25) is 0 Å². The number of para-hydroxylation sites is 1. The van der Waals surface area contributed by atoms with Crippen LogP contribution in [-0.4, -0.2) is 5.78 Å². The molecule has 18 heavy (non-hydrogen) atoms. The molecule has 2 aromatic carbocycles. The number of aryl methyl sites for hydroxylation is 2. The summed E-state index contributed by atoms with van der Waals surface area (Å²) in [6, 6.07) is 12.0.